The molecule has 0 heterocycles. The van der Waals surface area contributed by atoms with Gasteiger partial charge in [0.05, 0.1) is 13.7 Å². The van der Waals surface area contributed by atoms with Crippen molar-refractivity contribution in [1.82, 2.24) is 5.32 Å². The molecule has 2 atom stereocenters. The zero-order valence-corrected chi connectivity index (χ0v) is 17.2. The molecule has 0 fully saturated rings. The summed E-state index contributed by atoms with van der Waals surface area (Å²) in [7, 11) is 2.88. The lowest BCUT2D eigenvalue weighted by molar-refractivity contribution is -0.160. The van der Waals surface area contributed by atoms with E-state index in [1.54, 1.807) is 14.0 Å². The fourth-order valence-electron chi connectivity index (χ4n) is 3.36. The lowest BCUT2D eigenvalue weighted by Gasteiger charge is -2.39. The summed E-state index contributed by atoms with van der Waals surface area (Å²) in [5.74, 6) is -0.862. The minimum Gasteiger partial charge on any atom is -0.469 e. The van der Waals surface area contributed by atoms with Crippen LogP contribution in [0, 0.1) is 0 Å². The maximum Gasteiger partial charge on any atom is 0.329 e. The first-order chi connectivity index (χ1) is 14.1. The molecular formula is C23H29NO5. The van der Waals surface area contributed by atoms with Gasteiger partial charge in [0.1, 0.15) is 11.6 Å². The van der Waals surface area contributed by atoms with Gasteiger partial charge in [-0.3, -0.25) is 10.1 Å². The number of hydrogen-bond donors (Lipinski definition) is 1. The Bertz CT molecular complexity index is 765. The van der Waals surface area contributed by atoms with Gasteiger partial charge in [-0.15, -0.1) is 0 Å². The number of ether oxygens (including phenoxy) is 3. The number of hydrogen-bond acceptors (Lipinski definition) is 6. The highest BCUT2D eigenvalue weighted by atomic mass is 16.5. The molecule has 0 saturated heterocycles. The van der Waals surface area contributed by atoms with Crippen molar-refractivity contribution in [1.29, 1.82) is 0 Å². The van der Waals surface area contributed by atoms with Crippen LogP contribution >= 0.6 is 0 Å². The summed E-state index contributed by atoms with van der Waals surface area (Å²) in [6.45, 7) is 2.38. The van der Waals surface area contributed by atoms with Crippen LogP contribution in [0.25, 0.3) is 0 Å². The van der Waals surface area contributed by atoms with Gasteiger partial charge in [-0.1, -0.05) is 60.7 Å². The third kappa shape index (κ3) is 5.89. The molecule has 0 aliphatic heterocycles. The number of carbonyl (C=O) groups is 2. The van der Waals surface area contributed by atoms with Crippen LogP contribution in [-0.4, -0.2) is 38.3 Å². The SMILES string of the molecule is CCOC(=O)C(CCC(=O)OC)(NCc1ccccc1)C(OC)c1ccccc1. The fourth-order valence-corrected chi connectivity index (χ4v) is 3.36. The van der Waals surface area contributed by atoms with Crippen molar-refractivity contribution >= 4 is 11.9 Å². The Morgan fingerprint density at radius 1 is 1.00 bits per heavy atom. The lowest BCUT2D eigenvalue weighted by atomic mass is 9.82. The van der Waals surface area contributed by atoms with Crippen LogP contribution in [0.3, 0.4) is 0 Å². The van der Waals surface area contributed by atoms with E-state index in [0.29, 0.717) is 6.54 Å². The Morgan fingerprint density at radius 3 is 2.17 bits per heavy atom. The lowest BCUT2D eigenvalue weighted by Crippen LogP contribution is -2.57. The van der Waals surface area contributed by atoms with E-state index in [1.807, 2.05) is 60.7 Å². The highest BCUT2D eigenvalue weighted by Crippen LogP contribution is 2.35. The van der Waals surface area contributed by atoms with Crippen LogP contribution in [-0.2, 0) is 30.3 Å². The molecule has 29 heavy (non-hydrogen) atoms. The van der Waals surface area contributed by atoms with Crippen molar-refractivity contribution in [2.75, 3.05) is 20.8 Å². The second kappa shape index (κ2) is 11.3. The molecule has 2 unspecified atom stereocenters. The largest absolute Gasteiger partial charge is 0.469 e. The van der Waals surface area contributed by atoms with Crippen molar-refractivity contribution in [2.45, 2.75) is 38.0 Å². The standard InChI is InChI=1S/C23H29NO5/c1-4-29-22(26)23(16-15-20(25)27-2,24-17-18-11-7-5-8-12-18)21(28-3)19-13-9-6-10-14-19/h5-14,21,24H,4,15-17H2,1-3H3. The van der Waals surface area contributed by atoms with Gasteiger partial charge < -0.3 is 14.2 Å². The molecule has 6 heteroatoms. The van der Waals surface area contributed by atoms with Crippen molar-refractivity contribution in [3.8, 4) is 0 Å². The van der Waals surface area contributed by atoms with E-state index < -0.39 is 23.6 Å². The van der Waals surface area contributed by atoms with Gasteiger partial charge in [0, 0.05) is 20.1 Å². The summed E-state index contributed by atoms with van der Waals surface area (Å²) < 4.78 is 16.0. The van der Waals surface area contributed by atoms with Gasteiger partial charge in [0.15, 0.2) is 0 Å². The average Bonchev–Trinajstić information content (AvgIpc) is 2.77. The van der Waals surface area contributed by atoms with Crippen LogP contribution < -0.4 is 5.32 Å². The maximum absolute atomic E-state index is 13.2. The van der Waals surface area contributed by atoms with Crippen molar-refractivity contribution in [3.63, 3.8) is 0 Å². The van der Waals surface area contributed by atoms with Crippen LogP contribution in [0.15, 0.2) is 60.7 Å². The van der Waals surface area contributed by atoms with Crippen LogP contribution in [0.2, 0.25) is 0 Å². The van der Waals surface area contributed by atoms with Crippen LogP contribution in [0.1, 0.15) is 37.0 Å². The fraction of sp³-hybridized carbons (Fsp3) is 0.391. The van der Waals surface area contributed by atoms with Gasteiger partial charge >= 0.3 is 11.9 Å². The average molecular weight is 399 g/mol. The van der Waals surface area contributed by atoms with Gasteiger partial charge in [-0.25, -0.2) is 4.79 Å². The van der Waals surface area contributed by atoms with E-state index >= 15 is 0 Å². The molecule has 0 bridgehead atoms. The zero-order valence-electron chi connectivity index (χ0n) is 17.2. The van der Waals surface area contributed by atoms with E-state index in [2.05, 4.69) is 5.32 Å². The third-order valence-corrected chi connectivity index (χ3v) is 4.83. The molecule has 156 valence electrons. The second-order valence-electron chi connectivity index (χ2n) is 6.63. The number of benzene rings is 2. The number of carbonyl (C=O) groups excluding carboxylic acids is 2. The molecular weight excluding hydrogens is 370 g/mol. The van der Waals surface area contributed by atoms with E-state index in [1.165, 1.54) is 7.11 Å². The number of methoxy groups -OCH3 is 2. The summed E-state index contributed by atoms with van der Waals surface area (Å²) in [5, 5.41) is 3.36. The summed E-state index contributed by atoms with van der Waals surface area (Å²) in [4.78, 5) is 25.2. The summed E-state index contributed by atoms with van der Waals surface area (Å²) in [6, 6.07) is 19.2. The zero-order chi connectivity index (χ0) is 21.1. The molecule has 2 rings (SSSR count). The van der Waals surface area contributed by atoms with Crippen LogP contribution in [0.5, 0.6) is 0 Å². The highest BCUT2D eigenvalue weighted by molar-refractivity contribution is 5.83. The molecule has 1 N–H and O–H groups in total. The predicted molar refractivity (Wildman–Crippen MR) is 110 cm³/mol. The Kier molecular flexibility index (Phi) is 8.83. The molecule has 2 aromatic rings. The highest BCUT2D eigenvalue weighted by Gasteiger charge is 2.48. The molecule has 6 nitrogen and oxygen atoms in total. The van der Waals surface area contributed by atoms with Crippen LogP contribution in [0.4, 0.5) is 0 Å². The molecule has 0 aliphatic carbocycles. The van der Waals surface area contributed by atoms with E-state index in [4.69, 9.17) is 14.2 Å². The number of esters is 2. The molecule has 0 aromatic heterocycles. The minimum atomic E-state index is -1.27. The Morgan fingerprint density at radius 2 is 1.62 bits per heavy atom. The van der Waals surface area contributed by atoms with E-state index in [9.17, 15) is 9.59 Å². The molecule has 0 saturated carbocycles. The first-order valence-corrected chi connectivity index (χ1v) is 9.68. The molecule has 0 radical (unpaired) electrons. The summed E-state index contributed by atoms with van der Waals surface area (Å²) in [5.41, 5.74) is 0.548. The summed E-state index contributed by atoms with van der Waals surface area (Å²) in [6.07, 6.45) is -0.446. The van der Waals surface area contributed by atoms with E-state index in [0.717, 1.165) is 11.1 Å². The van der Waals surface area contributed by atoms with Gasteiger partial charge in [-0.2, -0.15) is 0 Å². The summed E-state index contributed by atoms with van der Waals surface area (Å²) >= 11 is 0. The Hall–Kier alpha value is -2.70. The number of rotatable bonds is 11. The molecule has 0 aliphatic rings. The third-order valence-electron chi connectivity index (χ3n) is 4.83. The smallest absolute Gasteiger partial charge is 0.329 e. The quantitative estimate of drug-likeness (QED) is 0.584. The Labute approximate surface area is 172 Å². The Balaban J connectivity index is 2.46. The van der Waals surface area contributed by atoms with Gasteiger partial charge in [0.2, 0.25) is 0 Å². The van der Waals surface area contributed by atoms with Crippen molar-refractivity contribution in [2.24, 2.45) is 0 Å². The first-order valence-electron chi connectivity index (χ1n) is 9.68. The van der Waals surface area contributed by atoms with Gasteiger partial charge in [0.25, 0.3) is 0 Å². The van der Waals surface area contributed by atoms with Gasteiger partial charge in [-0.05, 0) is 24.5 Å². The predicted octanol–water partition coefficient (Wildman–Crippen LogP) is 3.42. The normalized spacial score (nSPS) is 13.9. The first kappa shape index (κ1) is 22.6. The number of nitrogens with one attached hydrogen (secondary N) is 1. The van der Waals surface area contributed by atoms with Crippen molar-refractivity contribution < 1.29 is 23.8 Å². The minimum absolute atomic E-state index is 0.0454. The molecule has 0 spiro atoms. The maximum atomic E-state index is 13.2. The molecule has 0 amide bonds. The monoisotopic (exact) mass is 399 g/mol. The van der Waals surface area contributed by atoms with E-state index in [-0.39, 0.29) is 19.4 Å². The molecule has 2 aromatic carbocycles. The second-order valence-corrected chi connectivity index (χ2v) is 6.63. The topological polar surface area (TPSA) is 73.9 Å². The van der Waals surface area contributed by atoms with Crippen molar-refractivity contribution in [3.05, 3.63) is 71.8 Å².